The van der Waals surface area contributed by atoms with Crippen LogP contribution in [0.1, 0.15) is 32.2 Å². The fourth-order valence-corrected chi connectivity index (χ4v) is 2.33. The molecule has 9 heteroatoms. The third-order valence-electron chi connectivity index (χ3n) is 2.17. The van der Waals surface area contributed by atoms with Gasteiger partial charge >= 0.3 is 12.3 Å². The Morgan fingerprint density at radius 2 is 1.95 bits per heavy atom. The number of alkyl carbamates (subject to hydrolysis) is 1. The number of amides is 1. The highest BCUT2D eigenvalue weighted by atomic mass is 127. The van der Waals surface area contributed by atoms with E-state index in [9.17, 15) is 18.0 Å². The summed E-state index contributed by atoms with van der Waals surface area (Å²) >= 11 is 1.57. The summed E-state index contributed by atoms with van der Waals surface area (Å²) in [7, 11) is 1.39. The molecule has 0 radical (unpaired) electrons. The number of carbonyl (C=O) groups excluding carboxylic acids is 1. The second-order valence-corrected chi connectivity index (χ2v) is 6.16. The molecule has 5 nitrogen and oxygen atoms in total. The van der Waals surface area contributed by atoms with Gasteiger partial charge in [-0.1, -0.05) is 0 Å². The Balaban J connectivity index is 2.80. The van der Waals surface area contributed by atoms with E-state index in [0.29, 0.717) is 0 Å². The van der Waals surface area contributed by atoms with Crippen LogP contribution in [0.5, 0.6) is 0 Å². The lowest BCUT2D eigenvalue weighted by molar-refractivity contribution is -0.142. The van der Waals surface area contributed by atoms with Gasteiger partial charge in [-0.05, 0) is 43.4 Å². The zero-order valence-electron chi connectivity index (χ0n) is 11.4. The molecule has 0 aliphatic rings. The van der Waals surface area contributed by atoms with Gasteiger partial charge in [0.1, 0.15) is 5.60 Å². The first-order chi connectivity index (χ1) is 8.92. The Bertz CT molecular complexity index is 506. The fraction of sp³-hybridized carbons (Fsp3) is 0.636. The zero-order chi connectivity index (χ0) is 15.7. The van der Waals surface area contributed by atoms with Crippen molar-refractivity contribution in [2.45, 2.75) is 39.1 Å². The van der Waals surface area contributed by atoms with Crippen molar-refractivity contribution in [2.24, 2.45) is 7.05 Å². The van der Waals surface area contributed by atoms with Crippen molar-refractivity contribution in [1.82, 2.24) is 15.1 Å². The van der Waals surface area contributed by atoms with E-state index in [-0.39, 0.29) is 15.8 Å². The van der Waals surface area contributed by atoms with E-state index in [1.54, 1.807) is 43.4 Å². The van der Waals surface area contributed by atoms with Gasteiger partial charge in [-0.25, -0.2) is 4.79 Å². The van der Waals surface area contributed by atoms with Gasteiger partial charge < -0.3 is 10.1 Å². The highest BCUT2D eigenvalue weighted by Gasteiger charge is 2.38. The van der Waals surface area contributed by atoms with Crippen LogP contribution >= 0.6 is 22.6 Å². The van der Waals surface area contributed by atoms with E-state index in [0.717, 1.165) is 4.68 Å². The molecule has 0 unspecified atom stereocenters. The maximum Gasteiger partial charge on any atom is 0.436 e. The van der Waals surface area contributed by atoms with Crippen molar-refractivity contribution in [3.8, 4) is 0 Å². The van der Waals surface area contributed by atoms with Gasteiger partial charge in [0.15, 0.2) is 5.69 Å². The summed E-state index contributed by atoms with van der Waals surface area (Å²) in [5.74, 6) is 0. The van der Waals surface area contributed by atoms with Crippen molar-refractivity contribution in [2.75, 3.05) is 0 Å². The molecule has 1 heterocycles. The lowest BCUT2D eigenvalue weighted by Gasteiger charge is -2.19. The Labute approximate surface area is 128 Å². The highest BCUT2D eigenvalue weighted by molar-refractivity contribution is 14.1. The first kappa shape index (κ1) is 17.1. The maximum atomic E-state index is 12.7. The molecule has 0 saturated carbocycles. The quantitative estimate of drug-likeness (QED) is 0.770. The molecular weight excluding hydrogens is 390 g/mol. The Morgan fingerprint density at radius 1 is 1.40 bits per heavy atom. The summed E-state index contributed by atoms with van der Waals surface area (Å²) in [4.78, 5) is 11.5. The fourth-order valence-electron chi connectivity index (χ4n) is 1.38. The van der Waals surface area contributed by atoms with Crippen molar-refractivity contribution >= 4 is 28.7 Å². The molecule has 114 valence electrons. The van der Waals surface area contributed by atoms with E-state index in [1.807, 2.05) is 0 Å². The molecule has 1 aromatic rings. The summed E-state index contributed by atoms with van der Waals surface area (Å²) in [6.07, 6.45) is -5.21. The molecule has 1 rings (SSSR count). The van der Waals surface area contributed by atoms with Crippen molar-refractivity contribution in [3.63, 3.8) is 0 Å². The number of alkyl halides is 3. The predicted octanol–water partition coefficient (Wildman–Crippen LogP) is 3.07. The summed E-state index contributed by atoms with van der Waals surface area (Å²) < 4.78 is 44.1. The molecule has 0 spiro atoms. The van der Waals surface area contributed by atoms with Crippen LogP contribution in [-0.4, -0.2) is 21.5 Å². The van der Waals surface area contributed by atoms with Crippen molar-refractivity contribution in [1.29, 1.82) is 0 Å². The van der Waals surface area contributed by atoms with Crippen LogP contribution in [0.2, 0.25) is 0 Å². The van der Waals surface area contributed by atoms with Gasteiger partial charge in [-0.15, -0.1) is 0 Å². The smallest absolute Gasteiger partial charge is 0.436 e. The number of aromatic nitrogens is 2. The number of nitrogens with zero attached hydrogens (tertiary/aromatic N) is 2. The average molecular weight is 405 g/mol. The van der Waals surface area contributed by atoms with Gasteiger partial charge in [-0.3, -0.25) is 4.68 Å². The number of hydrogen-bond acceptors (Lipinski definition) is 3. The Hall–Kier alpha value is -1.00. The maximum absolute atomic E-state index is 12.7. The minimum atomic E-state index is -4.52. The van der Waals surface area contributed by atoms with Crippen LogP contribution in [0.15, 0.2) is 0 Å². The number of ether oxygens (including phenoxy) is 1. The largest absolute Gasteiger partial charge is 0.444 e. The van der Waals surface area contributed by atoms with E-state index in [1.165, 1.54) is 7.05 Å². The standard InChI is InChI=1S/C11H15F3IN3O2/c1-10(2,3)20-9(19)16-5-6-7(15)8(11(12,13)14)17-18(6)4/h5H2,1-4H3,(H,16,19). The molecule has 0 aromatic carbocycles. The molecule has 0 aliphatic heterocycles. The molecule has 0 aliphatic carbocycles. The molecule has 0 fully saturated rings. The number of nitrogens with one attached hydrogen (secondary N) is 1. The molecule has 1 amide bonds. The predicted molar refractivity (Wildman–Crippen MR) is 74.0 cm³/mol. The van der Waals surface area contributed by atoms with E-state index in [4.69, 9.17) is 4.74 Å². The summed E-state index contributed by atoms with van der Waals surface area (Å²) in [5.41, 5.74) is -1.36. The van der Waals surface area contributed by atoms with Gasteiger partial charge in [0, 0.05) is 7.05 Å². The number of halogens is 4. The van der Waals surface area contributed by atoms with E-state index in [2.05, 4.69) is 10.4 Å². The normalized spacial score (nSPS) is 12.4. The average Bonchev–Trinajstić information content (AvgIpc) is 2.49. The van der Waals surface area contributed by atoms with Gasteiger partial charge in [0.05, 0.1) is 15.8 Å². The van der Waals surface area contributed by atoms with Crippen molar-refractivity contribution in [3.05, 3.63) is 15.0 Å². The van der Waals surface area contributed by atoms with E-state index >= 15 is 0 Å². The van der Waals surface area contributed by atoms with Gasteiger partial charge in [-0.2, -0.15) is 18.3 Å². The number of aryl methyl sites for hydroxylation is 1. The summed E-state index contributed by atoms with van der Waals surface area (Å²) in [6.45, 7) is 5.00. The van der Waals surface area contributed by atoms with Gasteiger partial charge in [0.2, 0.25) is 0 Å². The number of carbonyl (C=O) groups is 1. The minimum absolute atomic E-state index is 0.0336. The number of rotatable bonds is 2. The molecule has 1 aromatic heterocycles. The Kier molecular flexibility index (Phi) is 4.93. The topological polar surface area (TPSA) is 56.2 Å². The SMILES string of the molecule is Cn1nc(C(F)(F)F)c(I)c1CNC(=O)OC(C)(C)C. The third-order valence-corrected chi connectivity index (χ3v) is 3.30. The highest BCUT2D eigenvalue weighted by Crippen LogP contribution is 2.33. The van der Waals surface area contributed by atoms with E-state index < -0.39 is 23.6 Å². The monoisotopic (exact) mass is 405 g/mol. The summed E-state index contributed by atoms with van der Waals surface area (Å²) in [5, 5.41) is 5.83. The Morgan fingerprint density at radius 3 is 2.35 bits per heavy atom. The van der Waals surface area contributed by atoms with Gasteiger partial charge in [0.25, 0.3) is 0 Å². The second-order valence-electron chi connectivity index (χ2n) is 5.09. The molecule has 0 bridgehead atoms. The molecule has 0 saturated heterocycles. The molecule has 1 N–H and O–H groups in total. The molecule has 0 atom stereocenters. The zero-order valence-corrected chi connectivity index (χ0v) is 13.6. The van der Waals surface area contributed by atoms with Crippen LogP contribution in [0.3, 0.4) is 0 Å². The van der Waals surface area contributed by atoms with Crippen LogP contribution < -0.4 is 5.32 Å². The summed E-state index contributed by atoms with van der Waals surface area (Å²) in [6, 6.07) is 0. The number of hydrogen-bond donors (Lipinski definition) is 1. The molecule has 20 heavy (non-hydrogen) atoms. The van der Waals surface area contributed by atoms with Crippen LogP contribution in [0.25, 0.3) is 0 Å². The lowest BCUT2D eigenvalue weighted by Crippen LogP contribution is -2.32. The second kappa shape index (κ2) is 5.78. The van der Waals surface area contributed by atoms with Crippen molar-refractivity contribution < 1.29 is 22.7 Å². The minimum Gasteiger partial charge on any atom is -0.444 e. The van der Waals surface area contributed by atoms with Crippen LogP contribution in [-0.2, 0) is 24.5 Å². The van der Waals surface area contributed by atoms with Crippen LogP contribution in [0, 0.1) is 3.57 Å². The first-order valence-corrected chi connectivity index (χ1v) is 6.75. The third kappa shape index (κ3) is 4.53. The first-order valence-electron chi connectivity index (χ1n) is 5.67. The van der Waals surface area contributed by atoms with Crippen LogP contribution in [0.4, 0.5) is 18.0 Å². The lowest BCUT2D eigenvalue weighted by atomic mass is 10.2. The molecular formula is C11H15F3IN3O2.